The zero-order chi connectivity index (χ0) is 19.1. The van der Waals surface area contributed by atoms with E-state index in [1.165, 1.54) is 12.8 Å². The summed E-state index contributed by atoms with van der Waals surface area (Å²) in [5.41, 5.74) is -0.976. The van der Waals surface area contributed by atoms with Crippen molar-refractivity contribution in [2.45, 2.75) is 71.4 Å². The summed E-state index contributed by atoms with van der Waals surface area (Å²) < 4.78 is 5.51. The van der Waals surface area contributed by atoms with Crippen molar-refractivity contribution in [2.75, 3.05) is 26.2 Å². The van der Waals surface area contributed by atoms with Gasteiger partial charge in [0.2, 0.25) is 0 Å². The molecule has 1 amide bonds. The summed E-state index contributed by atoms with van der Waals surface area (Å²) in [6.07, 6.45) is 4.78. The third-order valence-electron chi connectivity index (χ3n) is 6.44. The fourth-order valence-corrected chi connectivity index (χ4v) is 4.83. The van der Waals surface area contributed by atoms with E-state index in [0.29, 0.717) is 17.9 Å². The van der Waals surface area contributed by atoms with Crippen LogP contribution < -0.4 is 0 Å². The Morgan fingerprint density at radius 2 is 1.73 bits per heavy atom. The van der Waals surface area contributed by atoms with Crippen molar-refractivity contribution in [3.05, 3.63) is 0 Å². The summed E-state index contributed by atoms with van der Waals surface area (Å²) in [4.78, 5) is 28.0. The lowest BCUT2D eigenvalue weighted by Crippen LogP contribution is -2.55. The van der Waals surface area contributed by atoms with Crippen LogP contribution in [0.4, 0.5) is 4.79 Å². The number of carbonyl (C=O) groups excluding carboxylic acids is 1. The number of amides is 1. The van der Waals surface area contributed by atoms with Gasteiger partial charge < -0.3 is 19.6 Å². The molecular formula is C20H34N2O4. The molecule has 6 heteroatoms. The van der Waals surface area contributed by atoms with E-state index in [1.54, 1.807) is 0 Å². The first-order valence-corrected chi connectivity index (χ1v) is 10.0. The zero-order valence-corrected chi connectivity index (χ0v) is 16.7. The Labute approximate surface area is 156 Å². The SMILES string of the molecule is CC(C)(C)OC(=O)N1CCC(C2CCCN(C3CC(C)(C(=O)O)C3)C2)C1. The first kappa shape index (κ1) is 19.5. The average Bonchev–Trinajstić information content (AvgIpc) is 3.00. The predicted molar refractivity (Wildman–Crippen MR) is 99.0 cm³/mol. The number of nitrogens with zero attached hydrogens (tertiary/aromatic N) is 2. The largest absolute Gasteiger partial charge is 0.481 e. The van der Waals surface area contributed by atoms with Crippen LogP contribution in [0.15, 0.2) is 0 Å². The van der Waals surface area contributed by atoms with Gasteiger partial charge >= 0.3 is 12.1 Å². The number of hydrogen-bond donors (Lipinski definition) is 1. The lowest BCUT2D eigenvalue weighted by Gasteiger charge is -2.50. The van der Waals surface area contributed by atoms with Crippen molar-refractivity contribution >= 4 is 12.1 Å². The number of ether oxygens (including phenoxy) is 1. The molecule has 3 rings (SSSR count). The van der Waals surface area contributed by atoms with Crippen LogP contribution >= 0.6 is 0 Å². The fourth-order valence-electron chi connectivity index (χ4n) is 4.83. The Balaban J connectivity index is 1.50. The predicted octanol–water partition coefficient (Wildman–Crippen LogP) is 3.21. The lowest BCUT2D eigenvalue weighted by molar-refractivity contribution is -0.158. The topological polar surface area (TPSA) is 70.1 Å². The molecule has 0 radical (unpaired) electrons. The van der Waals surface area contributed by atoms with Crippen LogP contribution in [0.5, 0.6) is 0 Å². The van der Waals surface area contributed by atoms with Gasteiger partial charge in [0, 0.05) is 25.7 Å². The Morgan fingerprint density at radius 1 is 1.08 bits per heavy atom. The number of rotatable bonds is 3. The molecule has 3 fully saturated rings. The molecule has 1 aliphatic carbocycles. The molecular weight excluding hydrogens is 332 g/mol. The fraction of sp³-hybridized carbons (Fsp3) is 0.900. The Morgan fingerprint density at radius 3 is 2.35 bits per heavy atom. The smallest absolute Gasteiger partial charge is 0.410 e. The molecule has 0 bridgehead atoms. The quantitative estimate of drug-likeness (QED) is 0.830. The van der Waals surface area contributed by atoms with E-state index < -0.39 is 17.0 Å². The van der Waals surface area contributed by atoms with Crippen molar-refractivity contribution in [3.63, 3.8) is 0 Å². The third-order valence-corrected chi connectivity index (χ3v) is 6.44. The molecule has 1 N–H and O–H groups in total. The van der Waals surface area contributed by atoms with Gasteiger partial charge in [-0.1, -0.05) is 0 Å². The monoisotopic (exact) mass is 366 g/mol. The highest BCUT2D eigenvalue weighted by Crippen LogP contribution is 2.45. The first-order valence-electron chi connectivity index (χ1n) is 10.0. The summed E-state index contributed by atoms with van der Waals surface area (Å²) in [5.74, 6) is 0.482. The van der Waals surface area contributed by atoms with Gasteiger partial charge in [-0.3, -0.25) is 4.79 Å². The van der Waals surface area contributed by atoms with Gasteiger partial charge in [-0.2, -0.15) is 0 Å². The van der Waals surface area contributed by atoms with Crippen molar-refractivity contribution < 1.29 is 19.4 Å². The summed E-state index contributed by atoms with van der Waals surface area (Å²) in [6.45, 7) is 11.3. The number of hydrogen-bond acceptors (Lipinski definition) is 4. The molecule has 2 saturated heterocycles. The second-order valence-electron chi connectivity index (χ2n) is 9.80. The van der Waals surface area contributed by atoms with Crippen LogP contribution in [-0.4, -0.2) is 64.8 Å². The second-order valence-corrected chi connectivity index (χ2v) is 9.80. The van der Waals surface area contributed by atoms with Gasteiger partial charge in [0.05, 0.1) is 5.41 Å². The molecule has 6 nitrogen and oxygen atoms in total. The maximum atomic E-state index is 12.3. The van der Waals surface area contributed by atoms with Crippen LogP contribution in [0, 0.1) is 17.3 Å². The standard InChI is InChI=1S/C20H34N2O4/c1-19(2,3)26-18(25)22-9-7-15(13-22)14-6-5-8-21(12-14)16-10-20(4,11-16)17(23)24/h14-16H,5-13H2,1-4H3,(H,23,24). The van der Waals surface area contributed by atoms with Crippen LogP contribution in [0.25, 0.3) is 0 Å². The van der Waals surface area contributed by atoms with Crippen LogP contribution in [-0.2, 0) is 9.53 Å². The van der Waals surface area contributed by atoms with Gasteiger partial charge in [0.1, 0.15) is 5.60 Å². The summed E-state index contributed by atoms with van der Waals surface area (Å²) >= 11 is 0. The van der Waals surface area contributed by atoms with Crippen LogP contribution in [0.2, 0.25) is 0 Å². The number of carboxylic acids is 1. The molecule has 0 aromatic rings. The maximum absolute atomic E-state index is 12.3. The van der Waals surface area contributed by atoms with E-state index in [2.05, 4.69) is 4.90 Å². The number of aliphatic carboxylic acids is 1. The molecule has 2 heterocycles. The second kappa shape index (κ2) is 7.02. The molecule has 2 aliphatic heterocycles. The number of carboxylic acid groups (broad SMARTS) is 1. The molecule has 1 saturated carbocycles. The highest BCUT2D eigenvalue weighted by atomic mass is 16.6. The molecule has 0 aromatic carbocycles. The van der Waals surface area contributed by atoms with Gasteiger partial charge in [0.25, 0.3) is 0 Å². The number of carbonyl (C=O) groups is 2. The molecule has 3 aliphatic rings. The van der Waals surface area contributed by atoms with E-state index in [1.807, 2.05) is 32.6 Å². The summed E-state index contributed by atoms with van der Waals surface area (Å²) in [5, 5.41) is 9.33. The Bertz CT molecular complexity index is 551. The average molecular weight is 367 g/mol. The van der Waals surface area contributed by atoms with Gasteiger partial charge in [-0.05, 0) is 78.2 Å². The zero-order valence-electron chi connectivity index (χ0n) is 16.7. The molecule has 0 aromatic heterocycles. The highest BCUT2D eigenvalue weighted by molar-refractivity contribution is 5.75. The maximum Gasteiger partial charge on any atom is 0.410 e. The van der Waals surface area contributed by atoms with Crippen LogP contribution in [0.1, 0.15) is 59.8 Å². The van der Waals surface area contributed by atoms with Crippen molar-refractivity contribution in [3.8, 4) is 0 Å². The Kier molecular flexibility index (Phi) is 5.26. The van der Waals surface area contributed by atoms with Crippen molar-refractivity contribution in [2.24, 2.45) is 17.3 Å². The molecule has 148 valence electrons. The van der Waals surface area contributed by atoms with Crippen molar-refractivity contribution in [1.82, 2.24) is 9.80 Å². The minimum atomic E-state index is -0.661. The van der Waals surface area contributed by atoms with Crippen LogP contribution in [0.3, 0.4) is 0 Å². The Hall–Kier alpha value is -1.30. The highest BCUT2D eigenvalue weighted by Gasteiger charge is 2.49. The van der Waals surface area contributed by atoms with Crippen molar-refractivity contribution in [1.29, 1.82) is 0 Å². The van der Waals surface area contributed by atoms with Gasteiger partial charge in [0.15, 0.2) is 0 Å². The van der Waals surface area contributed by atoms with Gasteiger partial charge in [-0.25, -0.2) is 4.79 Å². The van der Waals surface area contributed by atoms with Gasteiger partial charge in [-0.15, -0.1) is 0 Å². The molecule has 0 spiro atoms. The van der Waals surface area contributed by atoms with E-state index in [-0.39, 0.29) is 6.09 Å². The van der Waals surface area contributed by atoms with E-state index in [4.69, 9.17) is 4.74 Å². The summed E-state index contributed by atoms with van der Waals surface area (Å²) in [6, 6.07) is 0.419. The molecule has 2 unspecified atom stereocenters. The first-order chi connectivity index (χ1) is 12.1. The lowest BCUT2D eigenvalue weighted by atomic mass is 9.65. The number of piperidine rings is 1. The summed E-state index contributed by atoms with van der Waals surface area (Å²) in [7, 11) is 0. The van der Waals surface area contributed by atoms with E-state index in [9.17, 15) is 14.7 Å². The molecule has 2 atom stereocenters. The minimum Gasteiger partial charge on any atom is -0.481 e. The third kappa shape index (κ3) is 4.16. The minimum absolute atomic E-state index is 0.191. The van der Waals surface area contributed by atoms with E-state index >= 15 is 0 Å². The number of likely N-dealkylation sites (tertiary alicyclic amines) is 2. The van der Waals surface area contributed by atoms with E-state index in [0.717, 1.165) is 45.4 Å². The molecule has 26 heavy (non-hydrogen) atoms. The normalized spacial score (nSPS) is 35.8.